The van der Waals surface area contributed by atoms with Crippen molar-refractivity contribution in [2.24, 2.45) is 0 Å². The monoisotopic (exact) mass is 229 g/mol. The number of piperazine rings is 1. The van der Waals surface area contributed by atoms with E-state index in [1.807, 2.05) is 35.0 Å². The lowest BCUT2D eigenvalue weighted by Crippen LogP contribution is -2.44. The first kappa shape index (κ1) is 10.3. The predicted octanol–water partition coefficient (Wildman–Crippen LogP) is 0.677. The lowest BCUT2D eigenvalue weighted by molar-refractivity contribution is 0.575. The Morgan fingerprint density at radius 2 is 1.82 bits per heavy atom. The minimum Gasteiger partial charge on any atom is -0.338 e. The quantitative estimate of drug-likeness (QED) is 0.822. The van der Waals surface area contributed by atoms with Crippen molar-refractivity contribution in [3.8, 4) is 5.69 Å². The maximum absolute atomic E-state index is 4.37. The van der Waals surface area contributed by atoms with E-state index in [0.717, 1.165) is 37.8 Å². The van der Waals surface area contributed by atoms with E-state index in [1.54, 1.807) is 6.33 Å². The molecule has 88 valence electrons. The van der Waals surface area contributed by atoms with Gasteiger partial charge >= 0.3 is 0 Å². The average molecular weight is 229 g/mol. The van der Waals surface area contributed by atoms with E-state index < -0.39 is 0 Å². The van der Waals surface area contributed by atoms with Gasteiger partial charge in [0.05, 0.1) is 5.69 Å². The van der Waals surface area contributed by atoms with E-state index in [-0.39, 0.29) is 0 Å². The van der Waals surface area contributed by atoms with Crippen LogP contribution in [0.25, 0.3) is 5.69 Å². The summed E-state index contributed by atoms with van der Waals surface area (Å²) in [6, 6.07) is 10.1. The van der Waals surface area contributed by atoms with E-state index in [4.69, 9.17) is 0 Å². The first-order valence-electron chi connectivity index (χ1n) is 5.86. The van der Waals surface area contributed by atoms with Crippen LogP contribution in [0.1, 0.15) is 0 Å². The second kappa shape index (κ2) is 4.55. The van der Waals surface area contributed by atoms with Crippen molar-refractivity contribution in [1.29, 1.82) is 0 Å². The number of benzene rings is 1. The number of rotatable bonds is 2. The maximum atomic E-state index is 4.37. The number of anilines is 1. The molecule has 0 aliphatic carbocycles. The van der Waals surface area contributed by atoms with Gasteiger partial charge in [-0.15, -0.1) is 0 Å². The van der Waals surface area contributed by atoms with Crippen LogP contribution in [-0.4, -0.2) is 40.9 Å². The second-order valence-electron chi connectivity index (χ2n) is 4.04. The molecule has 2 heterocycles. The molecule has 1 fully saturated rings. The fourth-order valence-electron chi connectivity index (χ4n) is 2.07. The predicted molar refractivity (Wildman–Crippen MR) is 66.4 cm³/mol. The van der Waals surface area contributed by atoms with Crippen molar-refractivity contribution in [2.75, 3.05) is 31.1 Å². The van der Waals surface area contributed by atoms with Gasteiger partial charge in [-0.2, -0.15) is 14.8 Å². The zero-order chi connectivity index (χ0) is 11.5. The molecule has 3 rings (SSSR count). The first-order valence-corrected chi connectivity index (χ1v) is 5.86. The van der Waals surface area contributed by atoms with Crippen LogP contribution >= 0.6 is 0 Å². The maximum Gasteiger partial charge on any atom is 0.228 e. The molecule has 0 radical (unpaired) electrons. The van der Waals surface area contributed by atoms with Crippen LogP contribution in [0.3, 0.4) is 0 Å². The Bertz CT molecular complexity index is 473. The van der Waals surface area contributed by atoms with Gasteiger partial charge in [0.1, 0.15) is 6.33 Å². The largest absolute Gasteiger partial charge is 0.338 e. The van der Waals surface area contributed by atoms with Gasteiger partial charge < -0.3 is 10.2 Å². The SMILES string of the molecule is c1ccc(-n2ncnc2N2CCNCC2)cc1. The third-order valence-electron chi connectivity index (χ3n) is 2.93. The van der Waals surface area contributed by atoms with Gasteiger partial charge in [-0.3, -0.25) is 0 Å². The molecule has 1 aromatic carbocycles. The standard InChI is InChI=1S/C12H15N5/c1-2-4-11(5-3-1)17-12(14-10-15-17)16-8-6-13-7-9-16/h1-5,10,13H,6-9H2. The topological polar surface area (TPSA) is 46.0 Å². The minimum atomic E-state index is 0.928. The molecule has 1 aliphatic heterocycles. The zero-order valence-corrected chi connectivity index (χ0v) is 9.58. The van der Waals surface area contributed by atoms with Crippen LogP contribution in [0.4, 0.5) is 5.95 Å². The fourth-order valence-corrected chi connectivity index (χ4v) is 2.07. The van der Waals surface area contributed by atoms with Crippen molar-refractivity contribution in [1.82, 2.24) is 20.1 Å². The van der Waals surface area contributed by atoms with Crippen molar-refractivity contribution >= 4 is 5.95 Å². The number of aromatic nitrogens is 3. The highest BCUT2D eigenvalue weighted by Crippen LogP contribution is 2.16. The molecule has 0 amide bonds. The van der Waals surface area contributed by atoms with E-state index in [1.165, 1.54) is 0 Å². The molecule has 1 N–H and O–H groups in total. The van der Waals surface area contributed by atoms with Crippen LogP contribution in [0.2, 0.25) is 0 Å². The van der Waals surface area contributed by atoms with Crippen LogP contribution in [0.15, 0.2) is 36.7 Å². The summed E-state index contributed by atoms with van der Waals surface area (Å²) in [5, 5.41) is 7.64. The zero-order valence-electron chi connectivity index (χ0n) is 9.58. The smallest absolute Gasteiger partial charge is 0.228 e. The van der Waals surface area contributed by atoms with Gasteiger partial charge in [-0.25, -0.2) is 0 Å². The molecule has 0 spiro atoms. The number of hydrogen-bond donors (Lipinski definition) is 1. The normalized spacial score (nSPS) is 16.1. The van der Waals surface area contributed by atoms with Crippen molar-refractivity contribution in [2.45, 2.75) is 0 Å². The third-order valence-corrected chi connectivity index (χ3v) is 2.93. The highest BCUT2D eigenvalue weighted by molar-refractivity contribution is 5.41. The molecule has 2 aromatic rings. The summed E-state index contributed by atoms with van der Waals surface area (Å²) in [6.07, 6.45) is 1.62. The molecule has 5 nitrogen and oxygen atoms in total. The Kier molecular flexibility index (Phi) is 2.75. The van der Waals surface area contributed by atoms with Crippen molar-refractivity contribution in [3.63, 3.8) is 0 Å². The Morgan fingerprint density at radius 1 is 1.06 bits per heavy atom. The molecule has 0 bridgehead atoms. The molecular formula is C12H15N5. The summed E-state index contributed by atoms with van der Waals surface area (Å²) in [6.45, 7) is 3.96. The molecule has 1 saturated heterocycles. The lowest BCUT2D eigenvalue weighted by Gasteiger charge is -2.28. The average Bonchev–Trinajstić information content (AvgIpc) is 2.90. The number of para-hydroxylation sites is 1. The Balaban J connectivity index is 1.93. The van der Waals surface area contributed by atoms with Crippen LogP contribution in [-0.2, 0) is 0 Å². The van der Waals surface area contributed by atoms with E-state index in [9.17, 15) is 0 Å². The summed E-state index contributed by atoms with van der Waals surface area (Å²) in [5.41, 5.74) is 1.05. The molecule has 0 unspecified atom stereocenters. The van der Waals surface area contributed by atoms with Gasteiger partial charge in [-0.05, 0) is 12.1 Å². The van der Waals surface area contributed by atoms with Gasteiger partial charge in [0, 0.05) is 26.2 Å². The molecule has 1 aliphatic rings. The van der Waals surface area contributed by atoms with Crippen LogP contribution in [0.5, 0.6) is 0 Å². The molecular weight excluding hydrogens is 214 g/mol. The number of hydrogen-bond acceptors (Lipinski definition) is 4. The third kappa shape index (κ3) is 2.01. The molecule has 5 heteroatoms. The van der Waals surface area contributed by atoms with Gasteiger partial charge in [-0.1, -0.05) is 18.2 Å². The van der Waals surface area contributed by atoms with Crippen molar-refractivity contribution < 1.29 is 0 Å². The van der Waals surface area contributed by atoms with Crippen molar-refractivity contribution in [3.05, 3.63) is 36.7 Å². The minimum absolute atomic E-state index is 0.928. The fraction of sp³-hybridized carbons (Fsp3) is 0.333. The van der Waals surface area contributed by atoms with Gasteiger partial charge in [0.2, 0.25) is 5.95 Å². The first-order chi connectivity index (χ1) is 8.45. The Morgan fingerprint density at radius 3 is 2.59 bits per heavy atom. The van der Waals surface area contributed by atoms with Crippen LogP contribution < -0.4 is 10.2 Å². The number of nitrogens with one attached hydrogen (secondary N) is 1. The van der Waals surface area contributed by atoms with Gasteiger partial charge in [0.15, 0.2) is 0 Å². The Labute approximate surface area is 100 Å². The van der Waals surface area contributed by atoms with E-state index in [0.29, 0.717) is 0 Å². The highest BCUT2D eigenvalue weighted by atomic mass is 15.4. The number of nitrogens with zero attached hydrogens (tertiary/aromatic N) is 4. The molecule has 1 aromatic heterocycles. The molecule has 0 atom stereocenters. The second-order valence-corrected chi connectivity index (χ2v) is 4.04. The van der Waals surface area contributed by atoms with Gasteiger partial charge in [0.25, 0.3) is 0 Å². The van der Waals surface area contributed by atoms with Crippen LogP contribution in [0, 0.1) is 0 Å². The highest BCUT2D eigenvalue weighted by Gasteiger charge is 2.16. The summed E-state index contributed by atoms with van der Waals surface area (Å²) in [5.74, 6) is 0.928. The molecule has 17 heavy (non-hydrogen) atoms. The Hall–Kier alpha value is -1.88. The summed E-state index contributed by atoms with van der Waals surface area (Å²) in [7, 11) is 0. The van der Waals surface area contributed by atoms with E-state index >= 15 is 0 Å². The summed E-state index contributed by atoms with van der Waals surface area (Å²) < 4.78 is 1.89. The molecule has 0 saturated carbocycles. The van der Waals surface area contributed by atoms with E-state index in [2.05, 4.69) is 20.3 Å². The summed E-state index contributed by atoms with van der Waals surface area (Å²) in [4.78, 5) is 6.63. The summed E-state index contributed by atoms with van der Waals surface area (Å²) >= 11 is 0. The lowest BCUT2D eigenvalue weighted by atomic mass is 10.3.